The van der Waals surface area contributed by atoms with Crippen molar-refractivity contribution in [1.82, 2.24) is 0 Å². The van der Waals surface area contributed by atoms with Gasteiger partial charge in [-0.3, -0.25) is 4.79 Å². The van der Waals surface area contributed by atoms with E-state index in [-0.39, 0.29) is 24.4 Å². The number of ether oxygens (including phenoxy) is 2. The van der Waals surface area contributed by atoms with E-state index >= 15 is 0 Å². The Hall–Kier alpha value is 0.287. The zero-order chi connectivity index (χ0) is 15.2. The number of halogens is 2. The van der Waals surface area contributed by atoms with Crippen LogP contribution < -0.4 is 28.3 Å². The maximum absolute atomic E-state index is 11.4. The van der Waals surface area contributed by atoms with E-state index in [2.05, 4.69) is 45.9 Å². The first kappa shape index (κ1) is 22.6. The van der Waals surface area contributed by atoms with Gasteiger partial charge in [0.25, 0.3) is 0 Å². The van der Waals surface area contributed by atoms with Crippen LogP contribution in [0, 0.1) is 12.8 Å². The van der Waals surface area contributed by atoms with Crippen LogP contribution in [-0.4, -0.2) is 19.7 Å². The fourth-order valence-corrected chi connectivity index (χ4v) is 2.47. The molecule has 0 aromatic heterocycles. The van der Waals surface area contributed by atoms with Crippen LogP contribution in [0.15, 0.2) is 10.5 Å². The molecule has 0 amide bonds. The first-order valence-corrected chi connectivity index (χ1v) is 7.23. The number of hydrogen-bond donors (Lipinski definition) is 0. The van der Waals surface area contributed by atoms with Crippen molar-refractivity contribution < 1.29 is 33.1 Å². The van der Waals surface area contributed by atoms with E-state index in [1.54, 1.807) is 6.07 Å². The molecule has 0 saturated heterocycles. The van der Waals surface area contributed by atoms with E-state index in [4.69, 9.17) is 21.1 Å². The van der Waals surface area contributed by atoms with Gasteiger partial charge in [-0.2, -0.15) is 5.92 Å². The quantitative estimate of drug-likeness (QED) is 0.458. The van der Waals surface area contributed by atoms with Crippen molar-refractivity contribution in [3.05, 3.63) is 28.0 Å². The predicted octanol–water partition coefficient (Wildman–Crippen LogP) is 1.62. The molecule has 0 bridgehead atoms. The van der Waals surface area contributed by atoms with Gasteiger partial charge in [0.05, 0.1) is 23.7 Å². The average Bonchev–Trinajstić information content (AvgIpc) is 2.27. The summed E-state index contributed by atoms with van der Waals surface area (Å²) in [5, 5.41) is 0.357. The topological polar surface area (TPSA) is 35.5 Å². The number of carbonyl (C=O) groups excluding carboxylic acids is 1. The molecule has 0 aliphatic carbocycles. The summed E-state index contributed by atoms with van der Waals surface area (Å²) in [6.45, 7) is 7.75. The van der Waals surface area contributed by atoms with Gasteiger partial charge in [-0.15, -0.1) is 0 Å². The Morgan fingerprint density at radius 2 is 1.75 bits per heavy atom. The van der Waals surface area contributed by atoms with E-state index in [0.717, 1.165) is 0 Å². The van der Waals surface area contributed by atoms with Crippen LogP contribution in [-0.2, 0) is 0 Å². The summed E-state index contributed by atoms with van der Waals surface area (Å²) in [5.41, 5.74) is 0.0660. The maximum atomic E-state index is 11.4. The third-order valence-corrected chi connectivity index (χ3v) is 2.95. The second-order valence-corrected chi connectivity index (χ2v) is 5.83. The summed E-state index contributed by atoms with van der Waals surface area (Å²) >= 11 is 9.20. The largest absolute Gasteiger partial charge is 1.00 e. The first-order chi connectivity index (χ1) is 8.76. The summed E-state index contributed by atoms with van der Waals surface area (Å²) in [5.74, 6) is 1.31. The normalized spacial score (nSPS) is 9.25. The van der Waals surface area contributed by atoms with Gasteiger partial charge in [-0.05, 0) is 22.0 Å². The Labute approximate surface area is 148 Å². The molecule has 1 aromatic rings. The van der Waals surface area contributed by atoms with Crippen molar-refractivity contribution in [3.8, 4) is 11.5 Å². The maximum Gasteiger partial charge on any atom is 1.00 e. The van der Waals surface area contributed by atoms with Crippen LogP contribution in [0.2, 0.25) is 5.02 Å². The van der Waals surface area contributed by atoms with Crippen molar-refractivity contribution >= 4 is 42.3 Å². The molecule has 0 heterocycles. The Kier molecular flexibility index (Phi) is 12.3. The fourth-order valence-electron chi connectivity index (χ4n) is 1.21. The summed E-state index contributed by atoms with van der Waals surface area (Å²) in [6, 6.07) is 1.62. The zero-order valence-corrected chi connectivity index (χ0v) is 15.9. The predicted molar refractivity (Wildman–Crippen MR) is 86.5 cm³/mol. The van der Waals surface area contributed by atoms with Crippen LogP contribution in [0.25, 0.3) is 0 Å². The molecule has 0 radical (unpaired) electrons. The molecule has 1 atom stereocenters. The molecule has 20 heavy (non-hydrogen) atoms. The Bertz CT molecular complexity index is 425. The molecule has 108 valence electrons. The van der Waals surface area contributed by atoms with Gasteiger partial charge in [0.2, 0.25) is 0 Å². The molecule has 0 N–H and O–H groups in total. The van der Waals surface area contributed by atoms with Crippen molar-refractivity contribution in [3.63, 3.8) is 0 Å². The van der Waals surface area contributed by atoms with E-state index in [1.165, 1.54) is 14.2 Å². The molecular formula is C13H18BrClLiO3P. The number of rotatable bonds is 3. The SMILES string of the molecule is COc1c(Cl)cc(Br)c(OC)c1C(=O)P.[CH2-]C(C)C.[Li+]. The van der Waals surface area contributed by atoms with E-state index in [1.807, 2.05) is 0 Å². The molecule has 3 nitrogen and oxygen atoms in total. The Morgan fingerprint density at radius 3 is 2.05 bits per heavy atom. The molecule has 0 spiro atoms. The molecule has 1 rings (SSSR count). The molecule has 0 aliphatic rings. The van der Waals surface area contributed by atoms with Crippen LogP contribution >= 0.6 is 36.8 Å². The van der Waals surface area contributed by atoms with Gasteiger partial charge in [-0.1, -0.05) is 34.7 Å². The molecule has 0 aliphatic heterocycles. The molecule has 1 unspecified atom stereocenters. The first-order valence-electron chi connectivity index (χ1n) is 5.49. The average molecular weight is 376 g/mol. The van der Waals surface area contributed by atoms with E-state index in [0.29, 0.717) is 32.5 Å². The molecule has 7 heteroatoms. The van der Waals surface area contributed by atoms with Gasteiger partial charge in [0.15, 0.2) is 11.3 Å². The van der Waals surface area contributed by atoms with Crippen LogP contribution in [0.5, 0.6) is 11.5 Å². The minimum atomic E-state index is -0.244. The van der Waals surface area contributed by atoms with Crippen LogP contribution in [0.4, 0.5) is 0 Å². The van der Waals surface area contributed by atoms with Crippen molar-refractivity contribution in [2.45, 2.75) is 13.8 Å². The number of hydrogen-bond acceptors (Lipinski definition) is 3. The minimum absolute atomic E-state index is 0. The van der Waals surface area contributed by atoms with Crippen molar-refractivity contribution in [2.24, 2.45) is 5.92 Å². The van der Waals surface area contributed by atoms with E-state index < -0.39 is 0 Å². The molecular weight excluding hydrogens is 357 g/mol. The standard InChI is InChI=1S/C9H9BrClO3P.C4H9.Li/c1-13-7-4(10)3-5(11)8(14-2)6(7)9(12)15;1-4(2)3;/h3H,15H2,1-2H3;4H,1H2,2-3H3;/q;-1;+1. The zero-order valence-electron chi connectivity index (χ0n) is 12.4. The van der Waals surface area contributed by atoms with Gasteiger partial charge < -0.3 is 16.4 Å². The third-order valence-electron chi connectivity index (χ3n) is 1.80. The van der Waals surface area contributed by atoms with Crippen molar-refractivity contribution in [1.29, 1.82) is 0 Å². The second-order valence-electron chi connectivity index (χ2n) is 4.04. The smallest absolute Gasteiger partial charge is 0.495 e. The Morgan fingerprint density at radius 1 is 1.35 bits per heavy atom. The van der Waals surface area contributed by atoms with Gasteiger partial charge in [0, 0.05) is 0 Å². The minimum Gasteiger partial charge on any atom is -0.495 e. The summed E-state index contributed by atoms with van der Waals surface area (Å²) in [6.07, 6.45) is 0. The van der Waals surface area contributed by atoms with E-state index in [9.17, 15) is 4.79 Å². The van der Waals surface area contributed by atoms with Crippen LogP contribution in [0.3, 0.4) is 0 Å². The second kappa shape index (κ2) is 10.9. The monoisotopic (exact) mass is 374 g/mol. The van der Waals surface area contributed by atoms with Crippen molar-refractivity contribution in [2.75, 3.05) is 14.2 Å². The van der Waals surface area contributed by atoms with Gasteiger partial charge in [-0.25, -0.2) is 0 Å². The molecule has 1 aromatic carbocycles. The molecule has 0 fully saturated rings. The fraction of sp³-hybridized carbons (Fsp3) is 0.385. The summed E-state index contributed by atoms with van der Waals surface area (Å²) < 4.78 is 10.8. The summed E-state index contributed by atoms with van der Waals surface area (Å²) in [7, 11) is 4.99. The Balaban J connectivity index is 0. The number of methoxy groups -OCH3 is 2. The number of benzene rings is 1. The summed E-state index contributed by atoms with van der Waals surface area (Å²) in [4.78, 5) is 11.4. The van der Waals surface area contributed by atoms with Gasteiger partial charge in [0.1, 0.15) is 11.3 Å². The number of carbonyl (C=O) groups is 1. The van der Waals surface area contributed by atoms with Gasteiger partial charge >= 0.3 is 18.9 Å². The van der Waals surface area contributed by atoms with Crippen LogP contribution in [0.1, 0.15) is 24.2 Å². The third kappa shape index (κ3) is 6.83. The molecule has 0 saturated carbocycles.